The molecule has 6 aromatic rings. The molecule has 0 aliphatic rings. The number of amides is 2. The van der Waals surface area contributed by atoms with Gasteiger partial charge in [-0.05, 0) is 98.9 Å². The number of aromatic nitrogens is 8. The minimum atomic E-state index is -1.30. The van der Waals surface area contributed by atoms with Gasteiger partial charge >= 0.3 is 0 Å². The molecule has 0 bridgehead atoms. The molecule has 0 aliphatic heterocycles. The maximum atomic E-state index is 11.2. The van der Waals surface area contributed by atoms with Crippen molar-refractivity contribution in [3.05, 3.63) is 116 Å². The molecule has 20 nitrogen and oxygen atoms in total. The van der Waals surface area contributed by atoms with Gasteiger partial charge in [-0.1, -0.05) is 71.2 Å². The lowest BCUT2D eigenvalue weighted by molar-refractivity contribution is -0.208. The SMILES string of the molecule is CC(=O)Nc1ccc(CCCCc2nnc(NC(O)Cc3cccc(CNC(O)OC(C)(C)COC(Cc4cccc(CN)c4)Nc4nnc(CCCCc5ccc(NC(C)=O)nn5)s4)c3)s2)nn1. The van der Waals surface area contributed by atoms with Gasteiger partial charge in [0.2, 0.25) is 28.5 Å². The van der Waals surface area contributed by atoms with Crippen molar-refractivity contribution in [2.75, 3.05) is 27.9 Å². The van der Waals surface area contributed by atoms with Crippen LogP contribution in [0.25, 0.3) is 0 Å². The Labute approximate surface area is 409 Å². The zero-order valence-electron chi connectivity index (χ0n) is 39.4. The normalized spacial score (nSPS) is 12.9. The van der Waals surface area contributed by atoms with E-state index in [2.05, 4.69) is 73.4 Å². The van der Waals surface area contributed by atoms with Crippen LogP contribution in [0.1, 0.15) is 97.0 Å². The number of carbonyl (C=O) groups excluding carboxylic acids is 2. The molecular formula is C47H62N14O6S2. The van der Waals surface area contributed by atoms with E-state index in [1.165, 1.54) is 36.5 Å². The summed E-state index contributed by atoms with van der Waals surface area (Å²) in [5, 5.41) is 73.2. The number of rotatable bonds is 29. The number of aryl methyl sites for hydroxylation is 4. The molecule has 2 amide bonds. The van der Waals surface area contributed by atoms with Gasteiger partial charge in [-0.25, -0.2) is 0 Å². The number of aliphatic hydroxyl groups excluding tert-OH is 2. The largest absolute Gasteiger partial charge is 0.373 e. The molecule has 4 aromatic heterocycles. The molecule has 2 aromatic carbocycles. The molecule has 3 atom stereocenters. The predicted octanol–water partition coefficient (Wildman–Crippen LogP) is 5.31. The lowest BCUT2D eigenvalue weighted by Gasteiger charge is -2.30. The van der Waals surface area contributed by atoms with Crippen molar-refractivity contribution in [1.82, 2.24) is 46.1 Å². The van der Waals surface area contributed by atoms with Gasteiger partial charge in [0.05, 0.1) is 23.6 Å². The number of anilines is 4. The van der Waals surface area contributed by atoms with E-state index in [0.717, 1.165) is 95.0 Å². The van der Waals surface area contributed by atoms with E-state index in [9.17, 15) is 19.8 Å². The lowest BCUT2D eigenvalue weighted by Crippen LogP contribution is -2.43. The molecule has 0 saturated carbocycles. The zero-order chi connectivity index (χ0) is 49.0. The molecule has 0 spiro atoms. The summed E-state index contributed by atoms with van der Waals surface area (Å²) in [6.07, 6.45) is 4.73. The summed E-state index contributed by atoms with van der Waals surface area (Å²) in [4.78, 5) is 22.4. The van der Waals surface area contributed by atoms with Crippen molar-refractivity contribution in [2.45, 2.75) is 129 Å². The predicted molar refractivity (Wildman–Crippen MR) is 265 cm³/mol. The molecule has 0 aliphatic carbocycles. The molecule has 0 radical (unpaired) electrons. The first kappa shape index (κ1) is 52.4. The van der Waals surface area contributed by atoms with Crippen molar-refractivity contribution < 1.29 is 29.3 Å². The Morgan fingerprint density at radius 2 is 1.17 bits per heavy atom. The molecular weight excluding hydrogens is 921 g/mol. The van der Waals surface area contributed by atoms with Crippen LogP contribution in [0.15, 0.2) is 72.8 Å². The van der Waals surface area contributed by atoms with E-state index in [4.69, 9.17) is 15.2 Å². The molecule has 368 valence electrons. The summed E-state index contributed by atoms with van der Waals surface area (Å²) in [5.41, 5.74) is 10.6. The lowest BCUT2D eigenvalue weighted by atomic mass is 10.1. The van der Waals surface area contributed by atoms with Crippen molar-refractivity contribution in [3.63, 3.8) is 0 Å². The Hall–Kier alpha value is -5.98. The van der Waals surface area contributed by atoms with Crippen molar-refractivity contribution >= 4 is 56.4 Å². The first-order valence-corrected chi connectivity index (χ1v) is 24.5. The average molecular weight is 983 g/mol. The summed E-state index contributed by atoms with van der Waals surface area (Å²) < 4.78 is 12.5. The van der Waals surface area contributed by atoms with Crippen LogP contribution in [0.5, 0.6) is 0 Å². The number of carbonyl (C=O) groups is 2. The number of ether oxygens (including phenoxy) is 2. The minimum Gasteiger partial charge on any atom is -0.373 e. The van der Waals surface area contributed by atoms with Gasteiger partial charge in [-0.3, -0.25) is 14.9 Å². The summed E-state index contributed by atoms with van der Waals surface area (Å²) in [5.74, 6) is 0.488. The number of nitrogens with zero attached hydrogens (tertiary/aromatic N) is 8. The van der Waals surface area contributed by atoms with Crippen LogP contribution in [-0.4, -0.2) is 93.9 Å². The van der Waals surface area contributed by atoms with Crippen molar-refractivity contribution in [3.8, 4) is 0 Å². The van der Waals surface area contributed by atoms with Crippen LogP contribution in [0, 0.1) is 0 Å². The fraction of sp³-hybridized carbons (Fsp3) is 0.447. The number of hydrogen-bond acceptors (Lipinski definition) is 20. The fourth-order valence-electron chi connectivity index (χ4n) is 7.03. The van der Waals surface area contributed by atoms with Gasteiger partial charge < -0.3 is 46.7 Å². The second-order valence-corrected chi connectivity index (χ2v) is 19.2. The molecule has 3 unspecified atom stereocenters. The van der Waals surface area contributed by atoms with Gasteiger partial charge in [-0.2, -0.15) is 10.2 Å². The maximum absolute atomic E-state index is 11.2. The quantitative estimate of drug-likeness (QED) is 0.0218. The highest BCUT2D eigenvalue weighted by molar-refractivity contribution is 7.15. The number of nitrogens with two attached hydrogens (primary N) is 1. The molecule has 4 heterocycles. The van der Waals surface area contributed by atoms with Crippen molar-refractivity contribution in [1.29, 1.82) is 0 Å². The highest BCUT2D eigenvalue weighted by Gasteiger charge is 2.26. The van der Waals surface area contributed by atoms with E-state index in [-0.39, 0.29) is 18.4 Å². The summed E-state index contributed by atoms with van der Waals surface area (Å²) >= 11 is 2.89. The summed E-state index contributed by atoms with van der Waals surface area (Å²) in [7, 11) is 0. The van der Waals surface area contributed by atoms with Gasteiger partial charge in [0.15, 0.2) is 11.6 Å². The zero-order valence-corrected chi connectivity index (χ0v) is 41.0. The van der Waals surface area contributed by atoms with E-state index in [0.29, 0.717) is 47.8 Å². The van der Waals surface area contributed by atoms with Gasteiger partial charge in [0.1, 0.15) is 22.5 Å². The summed E-state index contributed by atoms with van der Waals surface area (Å²) in [6.45, 7) is 7.43. The molecule has 22 heteroatoms. The van der Waals surface area contributed by atoms with Crippen LogP contribution < -0.4 is 32.3 Å². The average Bonchev–Trinajstić information content (AvgIpc) is 3.97. The molecule has 0 fully saturated rings. The van der Waals surface area contributed by atoms with Crippen LogP contribution in [0.4, 0.5) is 21.9 Å². The van der Waals surface area contributed by atoms with Gasteiger partial charge in [0.25, 0.3) is 0 Å². The number of nitrogens with one attached hydrogen (secondary N) is 5. The van der Waals surface area contributed by atoms with Crippen LogP contribution in [0.2, 0.25) is 0 Å². The number of unbranched alkanes of at least 4 members (excludes halogenated alkanes) is 2. The molecule has 0 saturated heterocycles. The molecule has 9 N–H and O–H groups in total. The third-order valence-corrected chi connectivity index (χ3v) is 12.1. The smallest absolute Gasteiger partial charge is 0.222 e. The highest BCUT2D eigenvalue weighted by atomic mass is 32.1. The second-order valence-electron chi connectivity index (χ2n) is 17.1. The first-order chi connectivity index (χ1) is 33.2. The monoisotopic (exact) mass is 982 g/mol. The maximum Gasteiger partial charge on any atom is 0.222 e. The van der Waals surface area contributed by atoms with Gasteiger partial charge in [0, 0.05) is 52.6 Å². The second kappa shape index (κ2) is 26.7. The molecule has 69 heavy (non-hydrogen) atoms. The third-order valence-electron chi connectivity index (χ3n) is 10.3. The van der Waals surface area contributed by atoms with Crippen LogP contribution >= 0.6 is 22.7 Å². The van der Waals surface area contributed by atoms with E-state index >= 15 is 0 Å². The Bertz CT molecular complexity index is 2510. The van der Waals surface area contributed by atoms with E-state index in [1.54, 1.807) is 12.1 Å². The fourth-order valence-corrected chi connectivity index (χ4v) is 8.68. The Balaban J connectivity index is 0.918. The minimum absolute atomic E-state index is 0.143. The first-order valence-electron chi connectivity index (χ1n) is 22.9. The van der Waals surface area contributed by atoms with E-state index < -0.39 is 24.5 Å². The van der Waals surface area contributed by atoms with Gasteiger partial charge in [-0.15, -0.1) is 30.6 Å². The Kier molecular flexibility index (Phi) is 20.3. The van der Waals surface area contributed by atoms with Crippen LogP contribution in [-0.2, 0) is 70.7 Å². The molecule has 6 rings (SSSR count). The highest BCUT2D eigenvalue weighted by Crippen LogP contribution is 2.23. The standard InChI is InChI=1S/C47H62N14O6S2/c1-30(62)50-38-21-19-36(54-56-38)15-5-7-17-42-58-60-44(68-42)52-40(64)25-32-11-10-14-35(24-32)28-49-46(65)67-47(3,4)29-66-41(26-33-12-9-13-34(23-33)27-48)53-45-61-59-43(69-45)18-8-6-16-37-20-22-39(57-55-37)51-31(2)63/h9-14,19-24,40-41,46,49,64-65H,5-8,15-18,25-29,48H2,1-4H3,(H,52,60)(H,53,61)(H,50,56,62)(H,51,57,63). The number of benzene rings is 2. The number of hydrogen-bond donors (Lipinski definition) is 8. The van der Waals surface area contributed by atoms with Crippen molar-refractivity contribution in [2.24, 2.45) is 5.73 Å². The Morgan fingerprint density at radius 3 is 1.72 bits per heavy atom. The third kappa shape index (κ3) is 19.1. The topological polar surface area (TPSA) is 282 Å². The number of aliphatic hydroxyl groups is 2. The van der Waals surface area contributed by atoms with Crippen LogP contribution in [0.3, 0.4) is 0 Å². The Morgan fingerprint density at radius 1 is 0.652 bits per heavy atom. The van der Waals surface area contributed by atoms with E-state index in [1.807, 2.05) is 68.4 Å². The summed E-state index contributed by atoms with van der Waals surface area (Å²) in [6, 6.07) is 23.0.